The highest BCUT2D eigenvalue weighted by Crippen LogP contribution is 2.17. The zero-order chi connectivity index (χ0) is 14.8. The Balaban J connectivity index is 2.86. The molecule has 104 valence electrons. The molecule has 0 aromatic heterocycles. The van der Waals surface area contributed by atoms with Crippen molar-refractivity contribution in [1.82, 2.24) is 5.32 Å². The van der Waals surface area contributed by atoms with E-state index in [1.807, 2.05) is 0 Å². The number of halogens is 2. The van der Waals surface area contributed by atoms with Gasteiger partial charge in [0.25, 0.3) is 5.91 Å². The fourth-order valence-electron chi connectivity index (χ4n) is 1.22. The lowest BCUT2D eigenvalue weighted by Gasteiger charge is -2.20. The van der Waals surface area contributed by atoms with E-state index in [4.69, 9.17) is 11.5 Å². The SMILES string of the molecule is CC(C)(CNC(=O)c1cc(N)c(F)cc1F)C(N)=O. The summed E-state index contributed by atoms with van der Waals surface area (Å²) in [6.45, 7) is 2.99. The quantitative estimate of drug-likeness (QED) is 0.706. The smallest absolute Gasteiger partial charge is 0.254 e. The second-order valence-electron chi connectivity index (χ2n) is 4.78. The predicted molar refractivity (Wildman–Crippen MR) is 66.1 cm³/mol. The van der Waals surface area contributed by atoms with Gasteiger partial charge in [0, 0.05) is 12.6 Å². The van der Waals surface area contributed by atoms with E-state index < -0.39 is 28.9 Å². The van der Waals surface area contributed by atoms with E-state index in [0.717, 1.165) is 6.07 Å². The number of rotatable bonds is 4. The van der Waals surface area contributed by atoms with Crippen LogP contribution in [0.25, 0.3) is 0 Å². The van der Waals surface area contributed by atoms with Crippen molar-refractivity contribution in [2.24, 2.45) is 11.1 Å². The van der Waals surface area contributed by atoms with Crippen LogP contribution in [0.4, 0.5) is 14.5 Å². The first-order chi connectivity index (χ1) is 8.65. The maximum absolute atomic E-state index is 13.4. The van der Waals surface area contributed by atoms with E-state index >= 15 is 0 Å². The summed E-state index contributed by atoms with van der Waals surface area (Å²) >= 11 is 0. The minimum Gasteiger partial charge on any atom is -0.396 e. The van der Waals surface area contributed by atoms with Crippen LogP contribution in [0.2, 0.25) is 0 Å². The first-order valence-electron chi connectivity index (χ1n) is 5.48. The largest absolute Gasteiger partial charge is 0.396 e. The van der Waals surface area contributed by atoms with Gasteiger partial charge in [-0.2, -0.15) is 0 Å². The normalized spacial score (nSPS) is 11.2. The van der Waals surface area contributed by atoms with E-state index in [0.29, 0.717) is 6.07 Å². The van der Waals surface area contributed by atoms with Crippen molar-refractivity contribution >= 4 is 17.5 Å². The molecule has 7 heteroatoms. The van der Waals surface area contributed by atoms with Crippen LogP contribution in [-0.4, -0.2) is 18.4 Å². The van der Waals surface area contributed by atoms with Crippen LogP contribution >= 0.6 is 0 Å². The topological polar surface area (TPSA) is 98.2 Å². The summed E-state index contributed by atoms with van der Waals surface area (Å²) in [6.07, 6.45) is 0. The molecule has 0 bridgehead atoms. The van der Waals surface area contributed by atoms with Crippen molar-refractivity contribution in [1.29, 1.82) is 0 Å². The predicted octanol–water partition coefficient (Wildman–Crippen LogP) is 0.788. The van der Waals surface area contributed by atoms with Crippen LogP contribution in [0.15, 0.2) is 12.1 Å². The van der Waals surface area contributed by atoms with E-state index in [9.17, 15) is 18.4 Å². The second kappa shape index (κ2) is 5.21. The number of nitrogens with one attached hydrogen (secondary N) is 1. The van der Waals surface area contributed by atoms with Crippen molar-refractivity contribution in [2.75, 3.05) is 12.3 Å². The molecule has 0 saturated carbocycles. The monoisotopic (exact) mass is 271 g/mol. The molecule has 0 atom stereocenters. The summed E-state index contributed by atoms with van der Waals surface area (Å²) < 4.78 is 26.4. The van der Waals surface area contributed by atoms with E-state index in [-0.39, 0.29) is 17.8 Å². The summed E-state index contributed by atoms with van der Waals surface area (Å²) in [5, 5.41) is 2.35. The number of anilines is 1. The van der Waals surface area contributed by atoms with Gasteiger partial charge in [0.1, 0.15) is 11.6 Å². The zero-order valence-electron chi connectivity index (χ0n) is 10.6. The molecule has 2 amide bonds. The molecule has 5 nitrogen and oxygen atoms in total. The van der Waals surface area contributed by atoms with Gasteiger partial charge in [-0.3, -0.25) is 9.59 Å². The van der Waals surface area contributed by atoms with E-state index in [1.54, 1.807) is 0 Å². The molecule has 0 aliphatic carbocycles. The number of amides is 2. The van der Waals surface area contributed by atoms with Crippen molar-refractivity contribution in [3.05, 3.63) is 29.3 Å². The number of primary amides is 1. The van der Waals surface area contributed by atoms with Crippen LogP contribution in [-0.2, 0) is 4.79 Å². The van der Waals surface area contributed by atoms with Crippen LogP contribution in [0.5, 0.6) is 0 Å². The highest BCUT2D eigenvalue weighted by molar-refractivity contribution is 5.95. The Bertz CT molecular complexity index is 530. The molecule has 0 saturated heterocycles. The van der Waals surface area contributed by atoms with Gasteiger partial charge in [-0.25, -0.2) is 8.78 Å². The molecule has 1 aromatic rings. The molecule has 1 rings (SSSR count). The van der Waals surface area contributed by atoms with Gasteiger partial charge in [0.15, 0.2) is 0 Å². The molecule has 0 radical (unpaired) electrons. The maximum Gasteiger partial charge on any atom is 0.254 e. The van der Waals surface area contributed by atoms with Gasteiger partial charge in [0.2, 0.25) is 5.91 Å². The Morgan fingerprint density at radius 2 is 1.84 bits per heavy atom. The zero-order valence-corrected chi connectivity index (χ0v) is 10.6. The fraction of sp³-hybridized carbons (Fsp3) is 0.333. The molecule has 0 unspecified atom stereocenters. The molecular weight excluding hydrogens is 256 g/mol. The Hall–Kier alpha value is -2.18. The van der Waals surface area contributed by atoms with Crippen molar-refractivity contribution in [3.8, 4) is 0 Å². The standard InChI is InChI=1S/C12H15F2N3O2/c1-12(2,11(16)19)5-17-10(18)6-3-9(15)8(14)4-7(6)13/h3-4H,5,15H2,1-2H3,(H2,16,19)(H,17,18). The Morgan fingerprint density at radius 1 is 1.26 bits per heavy atom. The summed E-state index contributed by atoms with van der Waals surface area (Å²) in [5.41, 5.74) is 8.70. The van der Waals surface area contributed by atoms with Crippen LogP contribution in [0.1, 0.15) is 24.2 Å². The number of carbonyl (C=O) groups is 2. The van der Waals surface area contributed by atoms with Gasteiger partial charge < -0.3 is 16.8 Å². The number of hydrogen-bond donors (Lipinski definition) is 3. The first-order valence-corrected chi connectivity index (χ1v) is 5.48. The fourth-order valence-corrected chi connectivity index (χ4v) is 1.22. The van der Waals surface area contributed by atoms with Crippen LogP contribution in [0.3, 0.4) is 0 Å². The lowest BCUT2D eigenvalue weighted by molar-refractivity contribution is -0.125. The number of carbonyl (C=O) groups excluding carboxylic acids is 2. The molecule has 1 aromatic carbocycles. The van der Waals surface area contributed by atoms with Gasteiger partial charge in [-0.05, 0) is 19.9 Å². The molecule has 0 spiro atoms. The highest BCUT2D eigenvalue weighted by Gasteiger charge is 2.26. The number of nitrogen functional groups attached to an aromatic ring is 1. The Kier molecular flexibility index (Phi) is 4.08. The summed E-state index contributed by atoms with van der Waals surface area (Å²) in [7, 11) is 0. The molecular formula is C12H15F2N3O2. The number of benzene rings is 1. The molecule has 0 aliphatic rings. The van der Waals surface area contributed by atoms with Crippen molar-refractivity contribution in [3.63, 3.8) is 0 Å². The van der Waals surface area contributed by atoms with Gasteiger partial charge in [-0.15, -0.1) is 0 Å². The molecule has 0 heterocycles. The first kappa shape index (κ1) is 14.9. The minimum absolute atomic E-state index is 0.0715. The van der Waals surface area contributed by atoms with E-state index in [1.165, 1.54) is 13.8 Å². The average molecular weight is 271 g/mol. The number of nitrogens with two attached hydrogens (primary N) is 2. The van der Waals surface area contributed by atoms with Gasteiger partial charge in [0.05, 0.1) is 16.7 Å². The lowest BCUT2D eigenvalue weighted by Crippen LogP contribution is -2.42. The van der Waals surface area contributed by atoms with Gasteiger partial charge in [-0.1, -0.05) is 0 Å². The second-order valence-corrected chi connectivity index (χ2v) is 4.78. The Morgan fingerprint density at radius 3 is 2.37 bits per heavy atom. The molecule has 0 aliphatic heterocycles. The molecule has 19 heavy (non-hydrogen) atoms. The third-order valence-corrected chi connectivity index (χ3v) is 2.69. The third kappa shape index (κ3) is 3.40. The summed E-state index contributed by atoms with van der Waals surface area (Å²) in [5.74, 6) is -3.36. The third-order valence-electron chi connectivity index (χ3n) is 2.69. The number of hydrogen-bond acceptors (Lipinski definition) is 3. The average Bonchev–Trinajstić information content (AvgIpc) is 2.30. The van der Waals surface area contributed by atoms with Crippen LogP contribution in [0, 0.1) is 17.0 Å². The van der Waals surface area contributed by atoms with Crippen molar-refractivity contribution < 1.29 is 18.4 Å². The van der Waals surface area contributed by atoms with Gasteiger partial charge >= 0.3 is 0 Å². The summed E-state index contributed by atoms with van der Waals surface area (Å²) in [6, 6.07) is 1.43. The lowest BCUT2D eigenvalue weighted by atomic mass is 9.92. The minimum atomic E-state index is -1.03. The van der Waals surface area contributed by atoms with Crippen molar-refractivity contribution in [2.45, 2.75) is 13.8 Å². The Labute approximate surface area is 109 Å². The highest BCUT2D eigenvalue weighted by atomic mass is 19.1. The molecule has 5 N–H and O–H groups in total. The van der Waals surface area contributed by atoms with E-state index in [2.05, 4.69) is 5.32 Å². The van der Waals surface area contributed by atoms with Crippen LogP contribution < -0.4 is 16.8 Å². The maximum atomic E-state index is 13.4. The molecule has 0 fully saturated rings. The summed E-state index contributed by atoms with van der Waals surface area (Å²) in [4.78, 5) is 22.8.